The first-order valence-corrected chi connectivity index (χ1v) is 8.56. The van der Waals surface area contributed by atoms with E-state index < -0.39 is 0 Å². The average Bonchev–Trinajstić information content (AvgIpc) is 2.76. The third kappa shape index (κ3) is 2.85. The predicted octanol–water partition coefficient (Wildman–Crippen LogP) is 4.52. The van der Waals surface area contributed by atoms with E-state index in [1.54, 1.807) is 5.56 Å². The Bertz CT molecular complexity index is 624. The van der Waals surface area contributed by atoms with Crippen LogP contribution in [0.2, 0.25) is 0 Å². The Balaban J connectivity index is 0.000000960. The van der Waals surface area contributed by atoms with Crippen LogP contribution in [0, 0.1) is 37.2 Å². The topological polar surface area (TPSA) is 17.1 Å². The van der Waals surface area contributed by atoms with Gasteiger partial charge in [-0.1, -0.05) is 39.5 Å². The number of ketones is 1. The zero-order valence-electron chi connectivity index (χ0n) is 14.1. The Hall–Kier alpha value is 0.137. The molecular formula is C20H25ORh2-. The molecule has 3 aliphatic carbocycles. The van der Waals surface area contributed by atoms with Gasteiger partial charge < -0.3 is 0 Å². The molecule has 4 atom stereocenters. The Labute approximate surface area is 165 Å². The third-order valence-corrected chi connectivity index (χ3v) is 6.92. The van der Waals surface area contributed by atoms with E-state index in [1.165, 1.54) is 36.0 Å². The van der Waals surface area contributed by atoms with Crippen LogP contribution in [0.3, 0.4) is 0 Å². The normalized spacial score (nSPS) is 34.6. The molecule has 2 fully saturated rings. The minimum Gasteiger partial charge on any atom is -0.299 e. The number of Topliss-reactive ketones (excluding diaryl/α,β-unsaturated/α-hetero) is 1. The fraction of sp³-hybridized carbons (Fsp3) is 0.650. The quantitative estimate of drug-likeness (QED) is 0.389. The van der Waals surface area contributed by atoms with E-state index in [1.807, 2.05) is 0 Å². The fourth-order valence-corrected chi connectivity index (χ4v) is 5.52. The second kappa shape index (κ2) is 6.80. The summed E-state index contributed by atoms with van der Waals surface area (Å²) in [4.78, 5) is 12.3. The van der Waals surface area contributed by atoms with Crippen molar-refractivity contribution >= 4 is 5.78 Å². The number of benzene rings is 1. The SMILES string of the molecule is Cc1[c-]c2c(cc1C)C1CC[C@]3(C)C(=O)CCC3C1CC2.[Rh].[Rh]. The molecule has 4 rings (SSSR count). The molecule has 0 saturated heterocycles. The molecule has 0 amide bonds. The summed E-state index contributed by atoms with van der Waals surface area (Å²) < 4.78 is 0. The number of carbonyl (C=O) groups excluding carboxylic acids is 1. The molecule has 1 aromatic rings. The van der Waals surface area contributed by atoms with E-state index in [-0.39, 0.29) is 44.4 Å². The van der Waals surface area contributed by atoms with Gasteiger partial charge in [0.1, 0.15) is 5.78 Å². The van der Waals surface area contributed by atoms with Gasteiger partial charge in [-0.25, -0.2) is 0 Å². The Morgan fingerprint density at radius 3 is 2.61 bits per heavy atom. The van der Waals surface area contributed by atoms with E-state index in [0.717, 1.165) is 25.2 Å². The summed E-state index contributed by atoms with van der Waals surface area (Å²) in [6.45, 7) is 6.64. The van der Waals surface area contributed by atoms with Crippen LogP contribution < -0.4 is 0 Å². The van der Waals surface area contributed by atoms with Gasteiger partial charge in [-0.3, -0.25) is 4.79 Å². The zero-order valence-corrected chi connectivity index (χ0v) is 17.4. The smallest absolute Gasteiger partial charge is 0.139 e. The van der Waals surface area contributed by atoms with Crippen molar-refractivity contribution in [3.8, 4) is 0 Å². The fourth-order valence-electron chi connectivity index (χ4n) is 5.52. The van der Waals surface area contributed by atoms with Gasteiger partial charge in [-0.15, -0.1) is 5.56 Å². The molecule has 3 unspecified atom stereocenters. The van der Waals surface area contributed by atoms with Crippen LogP contribution in [0.15, 0.2) is 6.07 Å². The van der Waals surface area contributed by atoms with Crippen molar-refractivity contribution in [1.82, 2.24) is 0 Å². The van der Waals surface area contributed by atoms with Gasteiger partial charge in [0.15, 0.2) is 0 Å². The van der Waals surface area contributed by atoms with Gasteiger partial charge in [0.25, 0.3) is 0 Å². The van der Waals surface area contributed by atoms with Crippen LogP contribution in [0.5, 0.6) is 0 Å². The van der Waals surface area contributed by atoms with Crippen LogP contribution in [0.1, 0.15) is 67.2 Å². The maximum absolute atomic E-state index is 12.3. The van der Waals surface area contributed by atoms with Crippen LogP contribution >= 0.6 is 0 Å². The number of fused-ring (bicyclic) bond motifs is 5. The predicted molar refractivity (Wildman–Crippen MR) is 84.4 cm³/mol. The van der Waals surface area contributed by atoms with E-state index in [4.69, 9.17) is 0 Å². The minimum absolute atomic E-state index is 0. The van der Waals surface area contributed by atoms with Crippen molar-refractivity contribution in [2.45, 2.75) is 65.2 Å². The summed E-state index contributed by atoms with van der Waals surface area (Å²) >= 11 is 0. The van der Waals surface area contributed by atoms with Crippen molar-refractivity contribution < 1.29 is 43.8 Å². The van der Waals surface area contributed by atoms with Gasteiger partial charge in [0, 0.05) is 50.8 Å². The van der Waals surface area contributed by atoms with Gasteiger partial charge in [0.2, 0.25) is 0 Å². The first-order valence-electron chi connectivity index (χ1n) is 8.56. The molecule has 1 nitrogen and oxygen atoms in total. The zero-order chi connectivity index (χ0) is 14.8. The molecule has 2 saturated carbocycles. The van der Waals surface area contributed by atoms with Crippen LogP contribution in [-0.2, 0) is 50.2 Å². The van der Waals surface area contributed by atoms with Crippen molar-refractivity contribution in [1.29, 1.82) is 0 Å². The summed E-state index contributed by atoms with van der Waals surface area (Å²) in [6.07, 6.45) is 6.70. The van der Waals surface area contributed by atoms with E-state index >= 15 is 0 Å². The van der Waals surface area contributed by atoms with Gasteiger partial charge in [-0.2, -0.15) is 28.8 Å². The van der Waals surface area contributed by atoms with Crippen LogP contribution in [-0.4, -0.2) is 5.78 Å². The molecule has 0 spiro atoms. The first-order chi connectivity index (χ1) is 10.0. The summed E-state index contributed by atoms with van der Waals surface area (Å²) in [5, 5.41) is 0. The molecule has 0 aliphatic heterocycles. The Morgan fingerprint density at radius 1 is 1.13 bits per heavy atom. The summed E-state index contributed by atoms with van der Waals surface area (Å²) in [7, 11) is 0. The monoisotopic (exact) mass is 487 g/mol. The molecule has 23 heavy (non-hydrogen) atoms. The van der Waals surface area contributed by atoms with Crippen molar-refractivity contribution in [3.63, 3.8) is 0 Å². The molecular weight excluding hydrogens is 462 g/mol. The summed E-state index contributed by atoms with van der Waals surface area (Å²) in [5.41, 5.74) is 5.72. The second-order valence-corrected chi connectivity index (χ2v) is 7.84. The first kappa shape index (κ1) is 19.5. The number of rotatable bonds is 0. The number of hydrogen-bond acceptors (Lipinski definition) is 1. The molecule has 1 aromatic carbocycles. The van der Waals surface area contributed by atoms with Crippen molar-refractivity contribution in [2.75, 3.05) is 0 Å². The minimum atomic E-state index is 0. The summed E-state index contributed by atoms with van der Waals surface area (Å²) in [6, 6.07) is 6.07. The average molecular weight is 487 g/mol. The number of hydrogen-bond donors (Lipinski definition) is 0. The molecule has 0 N–H and O–H groups in total. The standard InChI is InChI=1S/C20H25O.2Rh/c1-12-10-14-4-5-16-15(17(14)11-13(12)2)8-9-20(3)18(16)6-7-19(20)21;;/h11,15-16,18H,4-9H2,1-3H3;;/q-1;;/t15?,16?,18?,20-;;/m0../s1. The second-order valence-electron chi connectivity index (χ2n) is 7.84. The maximum Gasteiger partial charge on any atom is 0.139 e. The third-order valence-electron chi connectivity index (χ3n) is 6.92. The Kier molecular flexibility index (Phi) is 5.75. The Morgan fingerprint density at radius 2 is 1.87 bits per heavy atom. The maximum atomic E-state index is 12.3. The van der Waals surface area contributed by atoms with Crippen molar-refractivity contribution in [2.24, 2.45) is 17.3 Å². The largest absolute Gasteiger partial charge is 0.299 e. The number of carbonyl (C=O) groups is 1. The number of aryl methyl sites for hydroxylation is 3. The molecule has 3 aliphatic rings. The molecule has 2 radical (unpaired) electrons. The van der Waals surface area contributed by atoms with Crippen LogP contribution in [0.25, 0.3) is 0 Å². The molecule has 0 bridgehead atoms. The molecule has 130 valence electrons. The van der Waals surface area contributed by atoms with E-state index in [2.05, 4.69) is 32.9 Å². The van der Waals surface area contributed by atoms with Gasteiger partial charge in [-0.05, 0) is 31.1 Å². The van der Waals surface area contributed by atoms with Crippen LogP contribution in [0.4, 0.5) is 0 Å². The molecule has 0 aromatic heterocycles. The van der Waals surface area contributed by atoms with E-state index in [9.17, 15) is 4.79 Å². The molecule has 3 heteroatoms. The van der Waals surface area contributed by atoms with Crippen molar-refractivity contribution in [3.05, 3.63) is 34.4 Å². The summed E-state index contributed by atoms with van der Waals surface area (Å²) in [5.74, 6) is 2.60. The van der Waals surface area contributed by atoms with Gasteiger partial charge >= 0.3 is 0 Å². The van der Waals surface area contributed by atoms with E-state index in [0.29, 0.717) is 17.6 Å². The molecule has 0 heterocycles. The van der Waals surface area contributed by atoms with Gasteiger partial charge in [0.05, 0.1) is 0 Å².